The number of piperidine rings is 1. The van der Waals surface area contributed by atoms with Crippen molar-refractivity contribution in [3.05, 3.63) is 33.1 Å². The quantitative estimate of drug-likeness (QED) is 0.656. The third kappa shape index (κ3) is 2.88. The van der Waals surface area contributed by atoms with Crippen LogP contribution in [-0.2, 0) is 0 Å². The van der Waals surface area contributed by atoms with E-state index < -0.39 is 10.7 Å². The zero-order valence-corrected chi connectivity index (χ0v) is 10.3. The number of nitro benzene ring substituents is 1. The highest BCUT2D eigenvalue weighted by Gasteiger charge is 2.21. The minimum Gasteiger partial charge on any atom is -0.375 e. The summed E-state index contributed by atoms with van der Waals surface area (Å²) in [6.07, 6.45) is 1.92. The third-order valence-corrected chi connectivity index (χ3v) is 3.18. The van der Waals surface area contributed by atoms with E-state index in [-0.39, 0.29) is 22.4 Å². The van der Waals surface area contributed by atoms with Gasteiger partial charge in [-0.25, -0.2) is 4.39 Å². The maximum absolute atomic E-state index is 13.2. The maximum Gasteiger partial charge on any atom is 0.295 e. The van der Waals surface area contributed by atoms with Crippen LogP contribution in [0.25, 0.3) is 0 Å². The van der Waals surface area contributed by atoms with Crippen LogP contribution in [0.4, 0.5) is 15.8 Å². The van der Waals surface area contributed by atoms with Crippen molar-refractivity contribution in [1.29, 1.82) is 0 Å². The minimum atomic E-state index is -0.782. The van der Waals surface area contributed by atoms with Gasteiger partial charge in [0.2, 0.25) is 0 Å². The standard InChI is InChI=1S/C11H13ClFN3O2/c12-8-4-10(11(16(17)18)5-9(8)13)15-7-2-1-3-14-6-7/h4-5,7,14-15H,1-3,6H2. The molecule has 0 aliphatic carbocycles. The Labute approximate surface area is 108 Å². The second kappa shape index (κ2) is 5.49. The summed E-state index contributed by atoms with van der Waals surface area (Å²) in [5.74, 6) is -0.782. The molecule has 1 saturated heterocycles. The number of hydrogen-bond donors (Lipinski definition) is 2. The highest BCUT2D eigenvalue weighted by atomic mass is 35.5. The van der Waals surface area contributed by atoms with Crippen LogP contribution in [0.1, 0.15) is 12.8 Å². The van der Waals surface area contributed by atoms with Gasteiger partial charge in [0.05, 0.1) is 16.0 Å². The smallest absolute Gasteiger partial charge is 0.295 e. The number of hydrogen-bond acceptors (Lipinski definition) is 4. The number of nitro groups is 1. The van der Waals surface area contributed by atoms with Crippen molar-refractivity contribution in [2.45, 2.75) is 18.9 Å². The third-order valence-electron chi connectivity index (χ3n) is 2.89. The van der Waals surface area contributed by atoms with E-state index in [1.54, 1.807) is 0 Å². The Morgan fingerprint density at radius 1 is 1.56 bits per heavy atom. The van der Waals surface area contributed by atoms with E-state index in [4.69, 9.17) is 11.6 Å². The SMILES string of the molecule is O=[N+]([O-])c1cc(F)c(Cl)cc1NC1CCCNC1. The molecule has 1 unspecified atom stereocenters. The Morgan fingerprint density at radius 2 is 2.33 bits per heavy atom. The normalized spacial score (nSPS) is 19.6. The first-order valence-electron chi connectivity index (χ1n) is 5.68. The summed E-state index contributed by atoms with van der Waals surface area (Å²) in [6, 6.07) is 2.21. The molecule has 5 nitrogen and oxygen atoms in total. The van der Waals surface area contributed by atoms with Crippen LogP contribution in [0.3, 0.4) is 0 Å². The first-order chi connectivity index (χ1) is 8.58. The van der Waals surface area contributed by atoms with Crippen LogP contribution in [0.15, 0.2) is 12.1 Å². The molecule has 98 valence electrons. The molecule has 2 rings (SSSR count). The van der Waals surface area contributed by atoms with Gasteiger partial charge in [-0.2, -0.15) is 0 Å². The Kier molecular flexibility index (Phi) is 3.98. The van der Waals surface area contributed by atoms with Gasteiger partial charge >= 0.3 is 0 Å². The summed E-state index contributed by atoms with van der Waals surface area (Å²) >= 11 is 5.65. The van der Waals surface area contributed by atoms with Crippen molar-refractivity contribution in [3.8, 4) is 0 Å². The molecular weight excluding hydrogens is 261 g/mol. The summed E-state index contributed by atoms with van der Waals surface area (Å²) in [4.78, 5) is 10.3. The average molecular weight is 274 g/mol. The topological polar surface area (TPSA) is 67.2 Å². The number of halogens is 2. The zero-order valence-electron chi connectivity index (χ0n) is 9.58. The van der Waals surface area contributed by atoms with Crippen LogP contribution in [-0.4, -0.2) is 24.1 Å². The molecule has 1 aliphatic heterocycles. The summed E-state index contributed by atoms with van der Waals surface area (Å²) in [6.45, 7) is 1.68. The molecule has 1 aliphatic rings. The van der Waals surface area contributed by atoms with E-state index in [1.807, 2.05) is 0 Å². The summed E-state index contributed by atoms with van der Waals surface area (Å²) in [5, 5.41) is 17.0. The van der Waals surface area contributed by atoms with Gasteiger partial charge in [-0.1, -0.05) is 11.6 Å². The number of nitrogens with one attached hydrogen (secondary N) is 2. The number of anilines is 1. The monoisotopic (exact) mass is 273 g/mol. The van der Waals surface area contributed by atoms with Gasteiger partial charge in [0.1, 0.15) is 11.5 Å². The molecular formula is C11H13ClFN3O2. The van der Waals surface area contributed by atoms with Crippen molar-refractivity contribution in [1.82, 2.24) is 5.32 Å². The Hall–Kier alpha value is -1.40. The van der Waals surface area contributed by atoms with E-state index in [2.05, 4.69) is 10.6 Å². The van der Waals surface area contributed by atoms with Gasteiger partial charge in [-0.15, -0.1) is 0 Å². The van der Waals surface area contributed by atoms with Crippen LogP contribution < -0.4 is 10.6 Å². The molecule has 18 heavy (non-hydrogen) atoms. The van der Waals surface area contributed by atoms with Crippen molar-refractivity contribution in [2.75, 3.05) is 18.4 Å². The molecule has 0 saturated carbocycles. The summed E-state index contributed by atoms with van der Waals surface area (Å²) in [7, 11) is 0. The zero-order chi connectivity index (χ0) is 13.1. The van der Waals surface area contributed by atoms with E-state index in [0.29, 0.717) is 0 Å². The van der Waals surface area contributed by atoms with Crippen molar-refractivity contribution in [2.24, 2.45) is 0 Å². The fraction of sp³-hybridized carbons (Fsp3) is 0.455. The highest BCUT2D eigenvalue weighted by molar-refractivity contribution is 6.31. The molecule has 7 heteroatoms. The Balaban J connectivity index is 2.24. The predicted octanol–water partition coefficient (Wildman–Crippen LogP) is 2.55. The first kappa shape index (κ1) is 13.0. The van der Waals surface area contributed by atoms with Gasteiger partial charge in [0.25, 0.3) is 5.69 Å². The Bertz CT molecular complexity index is 464. The molecule has 0 radical (unpaired) electrons. The lowest BCUT2D eigenvalue weighted by Crippen LogP contribution is -2.38. The molecule has 2 N–H and O–H groups in total. The molecule has 1 aromatic carbocycles. The van der Waals surface area contributed by atoms with Crippen molar-refractivity contribution in [3.63, 3.8) is 0 Å². The fourth-order valence-corrected chi connectivity index (χ4v) is 2.16. The molecule has 0 amide bonds. The van der Waals surface area contributed by atoms with Crippen LogP contribution in [0, 0.1) is 15.9 Å². The van der Waals surface area contributed by atoms with Gasteiger partial charge in [-0.05, 0) is 25.5 Å². The van der Waals surface area contributed by atoms with E-state index >= 15 is 0 Å². The molecule has 0 spiro atoms. The molecule has 1 heterocycles. The largest absolute Gasteiger partial charge is 0.375 e. The van der Waals surface area contributed by atoms with Crippen LogP contribution >= 0.6 is 11.6 Å². The number of nitrogens with zero attached hydrogens (tertiary/aromatic N) is 1. The Morgan fingerprint density at radius 3 is 2.94 bits per heavy atom. The summed E-state index contributed by atoms with van der Waals surface area (Å²) in [5.41, 5.74) is -0.0254. The van der Waals surface area contributed by atoms with Gasteiger partial charge in [0.15, 0.2) is 0 Å². The van der Waals surface area contributed by atoms with Crippen molar-refractivity contribution >= 4 is 23.0 Å². The maximum atomic E-state index is 13.2. The van der Waals surface area contributed by atoms with E-state index in [1.165, 1.54) is 6.07 Å². The number of rotatable bonds is 3. The van der Waals surface area contributed by atoms with Gasteiger partial charge < -0.3 is 10.6 Å². The van der Waals surface area contributed by atoms with Crippen LogP contribution in [0.2, 0.25) is 5.02 Å². The lowest BCUT2D eigenvalue weighted by Gasteiger charge is -2.24. The minimum absolute atomic E-state index is 0.0963. The predicted molar refractivity (Wildman–Crippen MR) is 67.6 cm³/mol. The van der Waals surface area contributed by atoms with Gasteiger partial charge in [-0.3, -0.25) is 10.1 Å². The first-order valence-corrected chi connectivity index (χ1v) is 6.06. The second-order valence-electron chi connectivity index (χ2n) is 4.23. The molecule has 0 aromatic heterocycles. The average Bonchev–Trinajstić information content (AvgIpc) is 2.34. The lowest BCUT2D eigenvalue weighted by atomic mass is 10.1. The highest BCUT2D eigenvalue weighted by Crippen LogP contribution is 2.31. The van der Waals surface area contributed by atoms with Gasteiger partial charge in [0, 0.05) is 12.6 Å². The van der Waals surface area contributed by atoms with Crippen LogP contribution in [0.5, 0.6) is 0 Å². The number of benzene rings is 1. The lowest BCUT2D eigenvalue weighted by molar-refractivity contribution is -0.384. The molecule has 1 aromatic rings. The molecule has 1 atom stereocenters. The fourth-order valence-electron chi connectivity index (χ4n) is 2.00. The molecule has 1 fully saturated rings. The summed E-state index contributed by atoms with van der Waals surface area (Å²) < 4.78 is 13.2. The van der Waals surface area contributed by atoms with E-state index in [0.717, 1.165) is 32.0 Å². The second-order valence-corrected chi connectivity index (χ2v) is 4.64. The van der Waals surface area contributed by atoms with Crippen molar-refractivity contribution < 1.29 is 9.31 Å². The van der Waals surface area contributed by atoms with E-state index in [9.17, 15) is 14.5 Å². The molecule has 0 bridgehead atoms.